The molecule has 2 heterocycles. The highest BCUT2D eigenvalue weighted by Crippen LogP contribution is 2.24. The summed E-state index contributed by atoms with van der Waals surface area (Å²) in [6.45, 7) is 12.0. The van der Waals surface area contributed by atoms with E-state index < -0.39 is 0 Å². The van der Waals surface area contributed by atoms with E-state index in [4.69, 9.17) is 4.98 Å². The van der Waals surface area contributed by atoms with E-state index in [0.29, 0.717) is 12.0 Å². The fourth-order valence-corrected chi connectivity index (χ4v) is 2.75. The van der Waals surface area contributed by atoms with Crippen molar-refractivity contribution in [1.82, 2.24) is 10.3 Å². The minimum atomic E-state index is 0.630. The third-order valence-corrected chi connectivity index (χ3v) is 3.73. The van der Waals surface area contributed by atoms with Crippen molar-refractivity contribution < 1.29 is 0 Å². The summed E-state index contributed by atoms with van der Waals surface area (Å²) < 4.78 is 0. The van der Waals surface area contributed by atoms with Crippen molar-refractivity contribution in [2.24, 2.45) is 5.92 Å². The molecule has 0 saturated carbocycles. The van der Waals surface area contributed by atoms with E-state index in [9.17, 15) is 0 Å². The van der Waals surface area contributed by atoms with Gasteiger partial charge in [0.15, 0.2) is 0 Å². The van der Waals surface area contributed by atoms with Crippen molar-refractivity contribution in [2.45, 2.75) is 53.1 Å². The first-order valence-electron chi connectivity index (χ1n) is 7.51. The first kappa shape index (κ1) is 14.3. The highest BCUT2D eigenvalue weighted by Gasteiger charge is 2.21. The standard InChI is InChI=1S/C16H27N3/c1-12(2)10-17-11-15-8-13(3)18-16(9-15)19-7-5-6-14(19)4/h8-9,12,14,17H,5-7,10-11H2,1-4H3. The van der Waals surface area contributed by atoms with E-state index in [-0.39, 0.29) is 0 Å². The summed E-state index contributed by atoms with van der Waals surface area (Å²) in [6, 6.07) is 5.07. The Balaban J connectivity index is 2.06. The SMILES string of the molecule is Cc1cc(CNCC(C)C)cc(N2CCCC2C)n1. The van der Waals surface area contributed by atoms with E-state index in [2.05, 4.69) is 50.0 Å². The topological polar surface area (TPSA) is 28.2 Å². The van der Waals surface area contributed by atoms with E-state index in [1.165, 1.54) is 18.4 Å². The van der Waals surface area contributed by atoms with Gasteiger partial charge in [-0.2, -0.15) is 0 Å². The van der Waals surface area contributed by atoms with Gasteiger partial charge in [0.1, 0.15) is 5.82 Å². The molecule has 3 nitrogen and oxygen atoms in total. The van der Waals surface area contributed by atoms with Gasteiger partial charge < -0.3 is 10.2 Å². The van der Waals surface area contributed by atoms with Gasteiger partial charge in [0, 0.05) is 24.8 Å². The molecular weight excluding hydrogens is 234 g/mol. The lowest BCUT2D eigenvalue weighted by Gasteiger charge is -2.23. The van der Waals surface area contributed by atoms with Crippen LogP contribution in [0, 0.1) is 12.8 Å². The van der Waals surface area contributed by atoms with Crippen molar-refractivity contribution in [3.8, 4) is 0 Å². The minimum Gasteiger partial charge on any atom is -0.354 e. The number of rotatable bonds is 5. The summed E-state index contributed by atoms with van der Waals surface area (Å²) in [6.07, 6.45) is 2.58. The zero-order chi connectivity index (χ0) is 13.8. The van der Waals surface area contributed by atoms with Gasteiger partial charge in [0.05, 0.1) is 0 Å². The van der Waals surface area contributed by atoms with Crippen LogP contribution in [-0.2, 0) is 6.54 Å². The number of hydrogen-bond acceptors (Lipinski definition) is 3. The second kappa shape index (κ2) is 6.38. The summed E-state index contributed by atoms with van der Waals surface area (Å²) >= 11 is 0. The van der Waals surface area contributed by atoms with Gasteiger partial charge in [-0.15, -0.1) is 0 Å². The van der Waals surface area contributed by atoms with Crippen LogP contribution in [-0.4, -0.2) is 24.1 Å². The molecule has 2 rings (SSSR count). The van der Waals surface area contributed by atoms with Crippen molar-refractivity contribution in [3.05, 3.63) is 23.4 Å². The van der Waals surface area contributed by atoms with Gasteiger partial charge in [-0.05, 0) is 56.8 Å². The summed E-state index contributed by atoms with van der Waals surface area (Å²) in [5.74, 6) is 1.85. The summed E-state index contributed by atoms with van der Waals surface area (Å²) in [7, 11) is 0. The van der Waals surface area contributed by atoms with Crippen LogP contribution in [0.3, 0.4) is 0 Å². The van der Waals surface area contributed by atoms with Gasteiger partial charge >= 0.3 is 0 Å². The van der Waals surface area contributed by atoms with Crippen LogP contribution in [0.1, 0.15) is 44.9 Å². The third kappa shape index (κ3) is 3.93. The number of pyridine rings is 1. The molecule has 1 aliphatic rings. The van der Waals surface area contributed by atoms with Crippen LogP contribution in [0.25, 0.3) is 0 Å². The molecule has 1 fully saturated rings. The highest BCUT2D eigenvalue weighted by molar-refractivity contribution is 5.44. The van der Waals surface area contributed by atoms with Crippen LogP contribution in [0.5, 0.6) is 0 Å². The molecule has 1 unspecified atom stereocenters. The maximum absolute atomic E-state index is 4.71. The second-order valence-electron chi connectivity index (χ2n) is 6.18. The average molecular weight is 261 g/mol. The Morgan fingerprint density at radius 2 is 2.21 bits per heavy atom. The number of hydrogen-bond donors (Lipinski definition) is 1. The second-order valence-corrected chi connectivity index (χ2v) is 6.18. The predicted molar refractivity (Wildman–Crippen MR) is 81.6 cm³/mol. The quantitative estimate of drug-likeness (QED) is 0.882. The van der Waals surface area contributed by atoms with E-state index in [1.54, 1.807) is 0 Å². The van der Waals surface area contributed by atoms with Crippen molar-refractivity contribution in [3.63, 3.8) is 0 Å². The number of nitrogens with one attached hydrogen (secondary N) is 1. The van der Waals surface area contributed by atoms with Gasteiger partial charge in [0.2, 0.25) is 0 Å². The Morgan fingerprint density at radius 3 is 2.84 bits per heavy atom. The monoisotopic (exact) mass is 261 g/mol. The predicted octanol–water partition coefficient (Wildman–Crippen LogP) is 3.12. The number of aryl methyl sites for hydroxylation is 1. The maximum atomic E-state index is 4.71. The first-order chi connectivity index (χ1) is 9.06. The van der Waals surface area contributed by atoms with Crippen molar-refractivity contribution in [1.29, 1.82) is 0 Å². The normalized spacial score (nSPS) is 19.4. The molecular formula is C16H27N3. The summed E-state index contributed by atoms with van der Waals surface area (Å²) in [4.78, 5) is 7.15. The molecule has 0 aromatic carbocycles. The zero-order valence-electron chi connectivity index (χ0n) is 12.7. The molecule has 19 heavy (non-hydrogen) atoms. The van der Waals surface area contributed by atoms with Crippen molar-refractivity contribution in [2.75, 3.05) is 18.0 Å². The maximum Gasteiger partial charge on any atom is 0.129 e. The van der Waals surface area contributed by atoms with Gasteiger partial charge in [-0.1, -0.05) is 13.8 Å². The Hall–Kier alpha value is -1.09. The molecule has 0 spiro atoms. The minimum absolute atomic E-state index is 0.630. The average Bonchev–Trinajstić information content (AvgIpc) is 2.74. The number of aromatic nitrogens is 1. The largest absolute Gasteiger partial charge is 0.354 e. The lowest BCUT2D eigenvalue weighted by atomic mass is 10.2. The summed E-state index contributed by atoms with van der Waals surface area (Å²) in [5.41, 5.74) is 2.47. The molecule has 0 aliphatic carbocycles. The van der Waals surface area contributed by atoms with Gasteiger partial charge in [-0.3, -0.25) is 0 Å². The lowest BCUT2D eigenvalue weighted by molar-refractivity contribution is 0.552. The molecule has 1 saturated heterocycles. The number of anilines is 1. The molecule has 1 N–H and O–H groups in total. The molecule has 0 bridgehead atoms. The lowest BCUT2D eigenvalue weighted by Crippen LogP contribution is -2.27. The van der Waals surface area contributed by atoms with Crippen LogP contribution in [0.2, 0.25) is 0 Å². The molecule has 1 aromatic rings. The molecule has 3 heteroatoms. The molecule has 0 amide bonds. The molecule has 0 radical (unpaired) electrons. The van der Waals surface area contributed by atoms with E-state index >= 15 is 0 Å². The molecule has 1 aromatic heterocycles. The van der Waals surface area contributed by atoms with Crippen molar-refractivity contribution >= 4 is 5.82 Å². The van der Waals surface area contributed by atoms with E-state index in [1.807, 2.05) is 0 Å². The number of nitrogens with zero attached hydrogens (tertiary/aromatic N) is 2. The molecule has 106 valence electrons. The van der Waals surface area contributed by atoms with Crippen LogP contribution in [0.4, 0.5) is 5.82 Å². The smallest absolute Gasteiger partial charge is 0.129 e. The van der Waals surface area contributed by atoms with Crippen LogP contribution >= 0.6 is 0 Å². The highest BCUT2D eigenvalue weighted by atomic mass is 15.2. The van der Waals surface area contributed by atoms with Gasteiger partial charge in [0.25, 0.3) is 0 Å². The Bertz CT molecular complexity index is 414. The molecule has 1 aliphatic heterocycles. The van der Waals surface area contributed by atoms with Crippen LogP contribution in [0.15, 0.2) is 12.1 Å². The fourth-order valence-electron chi connectivity index (χ4n) is 2.75. The Kier molecular flexibility index (Phi) is 4.81. The first-order valence-corrected chi connectivity index (χ1v) is 7.51. The van der Waals surface area contributed by atoms with E-state index in [0.717, 1.165) is 31.1 Å². The fraction of sp³-hybridized carbons (Fsp3) is 0.688. The Labute approximate surface area is 117 Å². The zero-order valence-corrected chi connectivity index (χ0v) is 12.7. The van der Waals surface area contributed by atoms with Crippen LogP contribution < -0.4 is 10.2 Å². The van der Waals surface area contributed by atoms with Gasteiger partial charge in [-0.25, -0.2) is 4.98 Å². The summed E-state index contributed by atoms with van der Waals surface area (Å²) in [5, 5.41) is 3.51. The molecule has 1 atom stereocenters. The Morgan fingerprint density at radius 1 is 1.42 bits per heavy atom. The third-order valence-electron chi connectivity index (χ3n) is 3.73.